The molecule has 0 saturated carbocycles. The van der Waals surface area contributed by atoms with E-state index in [0.29, 0.717) is 22.8 Å². The fraction of sp³-hybridized carbons (Fsp3) is 0.200. The van der Waals surface area contributed by atoms with Crippen LogP contribution in [-0.4, -0.2) is 19.3 Å². The molecule has 0 amide bonds. The Morgan fingerprint density at radius 1 is 0.947 bits per heavy atom. The highest BCUT2D eigenvalue weighted by Gasteiger charge is 2.06. The van der Waals surface area contributed by atoms with Crippen LogP contribution in [0.3, 0.4) is 0 Å². The molecular formula is C15H16O4. The highest BCUT2D eigenvalue weighted by atomic mass is 16.5. The summed E-state index contributed by atoms with van der Waals surface area (Å²) in [5.41, 5.74) is 0.687. The fourth-order valence-corrected chi connectivity index (χ4v) is 1.69. The predicted molar refractivity (Wildman–Crippen MR) is 72.0 cm³/mol. The van der Waals surface area contributed by atoms with Crippen molar-refractivity contribution < 1.29 is 19.3 Å². The third-order valence-corrected chi connectivity index (χ3v) is 2.74. The zero-order chi connectivity index (χ0) is 13.7. The molecule has 0 aliphatic carbocycles. The predicted octanol–water partition coefficient (Wildman–Crippen LogP) is 2.99. The summed E-state index contributed by atoms with van der Waals surface area (Å²) >= 11 is 0. The number of ether oxygens (including phenoxy) is 3. The summed E-state index contributed by atoms with van der Waals surface area (Å²) in [6.07, 6.45) is 0. The van der Waals surface area contributed by atoms with Gasteiger partial charge in [0, 0.05) is 11.6 Å². The first kappa shape index (κ1) is 13.1. The van der Waals surface area contributed by atoms with Gasteiger partial charge in [0.25, 0.3) is 0 Å². The summed E-state index contributed by atoms with van der Waals surface area (Å²) < 4.78 is 15.9. The number of benzene rings is 2. The Morgan fingerprint density at radius 2 is 1.68 bits per heavy atom. The Morgan fingerprint density at radius 3 is 2.32 bits per heavy atom. The normalized spacial score (nSPS) is 10.0. The van der Waals surface area contributed by atoms with E-state index in [1.807, 2.05) is 24.3 Å². The number of hydrogen-bond acceptors (Lipinski definition) is 4. The van der Waals surface area contributed by atoms with Gasteiger partial charge in [0.05, 0.1) is 14.2 Å². The molecule has 19 heavy (non-hydrogen) atoms. The molecule has 0 aliphatic heterocycles. The molecule has 4 nitrogen and oxygen atoms in total. The van der Waals surface area contributed by atoms with E-state index >= 15 is 0 Å². The van der Waals surface area contributed by atoms with Gasteiger partial charge in [-0.2, -0.15) is 0 Å². The number of aromatic hydroxyl groups is 1. The third kappa shape index (κ3) is 3.10. The third-order valence-electron chi connectivity index (χ3n) is 2.74. The van der Waals surface area contributed by atoms with Crippen LogP contribution in [0.4, 0.5) is 0 Å². The van der Waals surface area contributed by atoms with Gasteiger partial charge in [-0.1, -0.05) is 12.1 Å². The lowest BCUT2D eigenvalue weighted by atomic mass is 10.2. The van der Waals surface area contributed by atoms with Gasteiger partial charge in [0.2, 0.25) is 0 Å². The van der Waals surface area contributed by atoms with Crippen molar-refractivity contribution in [2.24, 2.45) is 0 Å². The minimum absolute atomic E-state index is 0.147. The molecule has 2 rings (SSSR count). The first-order valence-electron chi connectivity index (χ1n) is 5.86. The van der Waals surface area contributed by atoms with Crippen LogP contribution in [0.5, 0.6) is 23.0 Å². The Hall–Kier alpha value is -2.36. The number of hydrogen-bond donors (Lipinski definition) is 1. The maximum atomic E-state index is 9.84. The molecule has 0 heterocycles. The smallest absolute Gasteiger partial charge is 0.161 e. The largest absolute Gasteiger partial charge is 0.507 e. The van der Waals surface area contributed by atoms with E-state index in [2.05, 4.69) is 0 Å². The van der Waals surface area contributed by atoms with Crippen molar-refractivity contribution in [3.8, 4) is 23.0 Å². The highest BCUT2D eigenvalue weighted by molar-refractivity contribution is 5.42. The Bertz CT molecular complexity index is 552. The molecule has 2 aromatic rings. The van der Waals surface area contributed by atoms with Crippen LogP contribution >= 0.6 is 0 Å². The van der Waals surface area contributed by atoms with E-state index in [1.54, 1.807) is 32.4 Å². The topological polar surface area (TPSA) is 47.9 Å². The van der Waals surface area contributed by atoms with Crippen LogP contribution in [0.15, 0.2) is 42.5 Å². The van der Waals surface area contributed by atoms with E-state index < -0.39 is 0 Å². The number of phenols is 1. The Balaban J connectivity index is 2.10. The van der Waals surface area contributed by atoms with Crippen LogP contribution in [0.2, 0.25) is 0 Å². The average molecular weight is 260 g/mol. The van der Waals surface area contributed by atoms with Crippen molar-refractivity contribution in [3.63, 3.8) is 0 Å². The van der Waals surface area contributed by atoms with Crippen molar-refractivity contribution in [1.82, 2.24) is 0 Å². The number of phenolic OH excluding ortho intramolecular Hbond substituents is 1. The monoisotopic (exact) mass is 260 g/mol. The Labute approximate surface area is 112 Å². The van der Waals surface area contributed by atoms with Gasteiger partial charge in [0.1, 0.15) is 18.1 Å². The molecule has 0 fully saturated rings. The molecule has 0 aliphatic rings. The van der Waals surface area contributed by atoms with E-state index in [1.165, 1.54) is 0 Å². The van der Waals surface area contributed by atoms with Gasteiger partial charge in [-0.25, -0.2) is 0 Å². The van der Waals surface area contributed by atoms with Gasteiger partial charge in [-0.05, 0) is 24.3 Å². The molecule has 0 atom stereocenters. The zero-order valence-electron chi connectivity index (χ0n) is 10.9. The minimum Gasteiger partial charge on any atom is -0.507 e. The number of rotatable bonds is 5. The molecule has 0 saturated heterocycles. The zero-order valence-corrected chi connectivity index (χ0v) is 10.9. The summed E-state index contributed by atoms with van der Waals surface area (Å²) in [6.45, 7) is 0.260. The second kappa shape index (κ2) is 6.00. The summed E-state index contributed by atoms with van der Waals surface area (Å²) in [5.74, 6) is 2.06. The number of para-hydroxylation sites is 2. The highest BCUT2D eigenvalue weighted by Crippen LogP contribution is 2.29. The lowest BCUT2D eigenvalue weighted by Crippen LogP contribution is -1.98. The summed E-state index contributed by atoms with van der Waals surface area (Å²) in [6, 6.07) is 12.5. The van der Waals surface area contributed by atoms with Crippen molar-refractivity contribution in [3.05, 3.63) is 48.0 Å². The van der Waals surface area contributed by atoms with Crippen LogP contribution in [0.1, 0.15) is 5.56 Å². The van der Waals surface area contributed by atoms with Crippen LogP contribution in [0, 0.1) is 0 Å². The second-order valence-corrected chi connectivity index (χ2v) is 3.93. The van der Waals surface area contributed by atoms with Crippen molar-refractivity contribution in [1.29, 1.82) is 0 Å². The quantitative estimate of drug-likeness (QED) is 0.897. The second-order valence-electron chi connectivity index (χ2n) is 3.93. The molecule has 0 aromatic heterocycles. The van der Waals surface area contributed by atoms with Crippen LogP contribution < -0.4 is 14.2 Å². The van der Waals surface area contributed by atoms with Crippen LogP contribution in [-0.2, 0) is 6.61 Å². The first-order chi connectivity index (χ1) is 9.24. The van der Waals surface area contributed by atoms with Crippen molar-refractivity contribution >= 4 is 0 Å². The molecule has 100 valence electrons. The average Bonchev–Trinajstić information content (AvgIpc) is 2.46. The molecular weight excluding hydrogens is 244 g/mol. The molecule has 2 aromatic carbocycles. The lowest BCUT2D eigenvalue weighted by Gasteiger charge is -2.11. The van der Waals surface area contributed by atoms with Gasteiger partial charge in [-0.15, -0.1) is 0 Å². The molecule has 0 unspecified atom stereocenters. The minimum atomic E-state index is 0.147. The van der Waals surface area contributed by atoms with E-state index in [0.717, 1.165) is 0 Å². The first-order valence-corrected chi connectivity index (χ1v) is 5.86. The van der Waals surface area contributed by atoms with E-state index in [4.69, 9.17) is 14.2 Å². The van der Waals surface area contributed by atoms with Crippen molar-refractivity contribution in [2.75, 3.05) is 14.2 Å². The standard InChI is InChI=1S/C15H16O4/c1-17-12-8-7-11(13(16)9-12)10-19-15-6-4-3-5-14(15)18-2/h3-9,16H,10H2,1-2H3. The van der Waals surface area contributed by atoms with Gasteiger partial charge >= 0.3 is 0 Å². The number of methoxy groups -OCH3 is 2. The Kier molecular flexibility index (Phi) is 4.13. The SMILES string of the molecule is COc1ccc(COc2ccccc2OC)c(O)c1. The maximum Gasteiger partial charge on any atom is 0.161 e. The summed E-state index contributed by atoms with van der Waals surface area (Å²) in [4.78, 5) is 0. The summed E-state index contributed by atoms with van der Waals surface area (Å²) in [7, 11) is 3.15. The maximum absolute atomic E-state index is 9.84. The van der Waals surface area contributed by atoms with E-state index in [-0.39, 0.29) is 12.4 Å². The van der Waals surface area contributed by atoms with Crippen LogP contribution in [0.25, 0.3) is 0 Å². The lowest BCUT2D eigenvalue weighted by molar-refractivity contribution is 0.279. The van der Waals surface area contributed by atoms with Gasteiger partial charge < -0.3 is 19.3 Å². The molecule has 1 N–H and O–H groups in total. The molecule has 0 spiro atoms. The van der Waals surface area contributed by atoms with Crippen molar-refractivity contribution in [2.45, 2.75) is 6.61 Å². The van der Waals surface area contributed by atoms with E-state index in [9.17, 15) is 5.11 Å². The molecule has 0 bridgehead atoms. The fourth-order valence-electron chi connectivity index (χ4n) is 1.69. The van der Waals surface area contributed by atoms with Gasteiger partial charge in [0.15, 0.2) is 11.5 Å². The summed E-state index contributed by atoms with van der Waals surface area (Å²) in [5, 5.41) is 9.84. The molecule has 0 radical (unpaired) electrons. The molecule has 4 heteroatoms. The van der Waals surface area contributed by atoms with Gasteiger partial charge in [-0.3, -0.25) is 0 Å².